The fourth-order valence-corrected chi connectivity index (χ4v) is 3.62. The SMILES string of the molecule is Cc1ccc(OCC2CC3CCC2C3)c(CO)n1. The van der Waals surface area contributed by atoms with Crippen LogP contribution >= 0.6 is 0 Å². The maximum atomic E-state index is 9.30. The Balaban J connectivity index is 1.63. The summed E-state index contributed by atoms with van der Waals surface area (Å²) in [5.41, 5.74) is 1.59. The van der Waals surface area contributed by atoms with Crippen LogP contribution in [0.5, 0.6) is 5.75 Å². The maximum absolute atomic E-state index is 9.30. The van der Waals surface area contributed by atoms with Gasteiger partial charge in [-0.3, -0.25) is 4.98 Å². The lowest BCUT2D eigenvalue weighted by atomic mass is 9.89. The van der Waals surface area contributed by atoms with Crippen molar-refractivity contribution in [2.75, 3.05) is 6.61 Å². The molecule has 2 fully saturated rings. The minimum Gasteiger partial charge on any atom is -0.491 e. The van der Waals surface area contributed by atoms with E-state index < -0.39 is 0 Å². The van der Waals surface area contributed by atoms with E-state index in [1.54, 1.807) is 0 Å². The van der Waals surface area contributed by atoms with Gasteiger partial charge in [-0.05, 0) is 56.1 Å². The summed E-state index contributed by atoms with van der Waals surface area (Å²) in [6, 6.07) is 3.87. The molecule has 2 saturated carbocycles. The van der Waals surface area contributed by atoms with E-state index in [0.717, 1.165) is 35.8 Å². The van der Waals surface area contributed by atoms with Crippen molar-refractivity contribution in [3.05, 3.63) is 23.5 Å². The lowest BCUT2D eigenvalue weighted by molar-refractivity contribution is 0.187. The second kappa shape index (κ2) is 4.88. The van der Waals surface area contributed by atoms with Crippen molar-refractivity contribution in [1.29, 1.82) is 0 Å². The fourth-order valence-electron chi connectivity index (χ4n) is 3.62. The maximum Gasteiger partial charge on any atom is 0.143 e. The molecular formula is C15H21NO2. The van der Waals surface area contributed by atoms with Crippen LogP contribution in [-0.2, 0) is 6.61 Å². The van der Waals surface area contributed by atoms with Gasteiger partial charge in [0.2, 0.25) is 0 Å². The van der Waals surface area contributed by atoms with Crippen LogP contribution < -0.4 is 4.74 Å². The van der Waals surface area contributed by atoms with Gasteiger partial charge in [-0.25, -0.2) is 0 Å². The molecule has 2 bridgehead atoms. The second-order valence-electron chi connectivity index (χ2n) is 5.80. The summed E-state index contributed by atoms with van der Waals surface area (Å²) in [5, 5.41) is 9.30. The molecule has 1 N–H and O–H groups in total. The Morgan fingerprint density at radius 3 is 2.89 bits per heavy atom. The van der Waals surface area contributed by atoms with E-state index in [4.69, 9.17) is 4.74 Å². The molecule has 3 rings (SSSR count). The molecule has 3 nitrogen and oxygen atoms in total. The van der Waals surface area contributed by atoms with Gasteiger partial charge >= 0.3 is 0 Å². The van der Waals surface area contributed by atoms with Crippen molar-refractivity contribution in [2.24, 2.45) is 17.8 Å². The van der Waals surface area contributed by atoms with Crippen molar-refractivity contribution < 1.29 is 9.84 Å². The Bertz CT molecular complexity index is 433. The van der Waals surface area contributed by atoms with Gasteiger partial charge in [-0.15, -0.1) is 0 Å². The van der Waals surface area contributed by atoms with Crippen molar-refractivity contribution in [2.45, 2.75) is 39.2 Å². The third-order valence-corrected chi connectivity index (χ3v) is 4.56. The third kappa shape index (κ3) is 2.24. The molecule has 2 aliphatic carbocycles. The lowest BCUT2D eigenvalue weighted by Crippen LogP contribution is -2.19. The normalized spacial score (nSPS) is 29.8. The van der Waals surface area contributed by atoms with E-state index in [-0.39, 0.29) is 6.61 Å². The fraction of sp³-hybridized carbons (Fsp3) is 0.667. The minimum absolute atomic E-state index is 0.0479. The number of ether oxygens (including phenoxy) is 1. The number of aliphatic hydroxyl groups excluding tert-OH is 1. The summed E-state index contributed by atoms with van der Waals surface area (Å²) in [6.45, 7) is 2.67. The summed E-state index contributed by atoms with van der Waals surface area (Å²) in [6.07, 6.45) is 5.55. The number of hydrogen-bond acceptors (Lipinski definition) is 3. The molecule has 3 unspecified atom stereocenters. The zero-order valence-corrected chi connectivity index (χ0v) is 10.9. The molecule has 0 radical (unpaired) electrons. The van der Waals surface area contributed by atoms with Gasteiger partial charge in [0, 0.05) is 5.69 Å². The van der Waals surface area contributed by atoms with Crippen molar-refractivity contribution in [3.63, 3.8) is 0 Å². The van der Waals surface area contributed by atoms with E-state index >= 15 is 0 Å². The summed E-state index contributed by atoms with van der Waals surface area (Å²) in [7, 11) is 0. The Hall–Kier alpha value is -1.09. The summed E-state index contributed by atoms with van der Waals surface area (Å²) in [5.74, 6) is 3.31. The highest BCUT2D eigenvalue weighted by Gasteiger charge is 2.39. The molecule has 1 heterocycles. The average Bonchev–Trinajstić information content (AvgIpc) is 2.99. The lowest BCUT2D eigenvalue weighted by Gasteiger charge is -2.22. The zero-order chi connectivity index (χ0) is 12.5. The summed E-state index contributed by atoms with van der Waals surface area (Å²) >= 11 is 0. The molecular weight excluding hydrogens is 226 g/mol. The number of aryl methyl sites for hydroxylation is 1. The molecule has 3 atom stereocenters. The predicted octanol–water partition coefficient (Wildman–Crippen LogP) is 2.70. The molecule has 2 aliphatic rings. The Morgan fingerprint density at radius 2 is 2.22 bits per heavy atom. The second-order valence-corrected chi connectivity index (χ2v) is 5.80. The first-order chi connectivity index (χ1) is 8.76. The zero-order valence-electron chi connectivity index (χ0n) is 10.9. The van der Waals surface area contributed by atoms with E-state index in [1.165, 1.54) is 25.7 Å². The summed E-state index contributed by atoms with van der Waals surface area (Å²) in [4.78, 5) is 4.31. The van der Waals surface area contributed by atoms with Gasteiger partial charge < -0.3 is 9.84 Å². The van der Waals surface area contributed by atoms with Crippen LogP contribution in [0.25, 0.3) is 0 Å². The summed E-state index contributed by atoms with van der Waals surface area (Å²) < 4.78 is 5.90. The topological polar surface area (TPSA) is 42.4 Å². The smallest absolute Gasteiger partial charge is 0.143 e. The molecule has 98 valence electrons. The van der Waals surface area contributed by atoms with E-state index in [9.17, 15) is 5.11 Å². The molecule has 0 spiro atoms. The van der Waals surface area contributed by atoms with Crippen LogP contribution in [0, 0.1) is 24.7 Å². The molecule has 0 aliphatic heterocycles. The van der Waals surface area contributed by atoms with Gasteiger partial charge in [0.15, 0.2) is 0 Å². The molecule has 18 heavy (non-hydrogen) atoms. The van der Waals surface area contributed by atoms with Gasteiger partial charge in [0.05, 0.1) is 13.2 Å². The monoisotopic (exact) mass is 247 g/mol. The Kier molecular flexibility index (Phi) is 3.25. The number of aliphatic hydroxyl groups is 1. The number of nitrogens with zero attached hydrogens (tertiary/aromatic N) is 1. The standard InChI is InChI=1S/C15H21NO2/c1-10-2-5-15(14(8-17)16-10)18-9-13-7-11-3-4-12(13)6-11/h2,5,11-13,17H,3-4,6-9H2,1H3. The van der Waals surface area contributed by atoms with Crippen LogP contribution in [0.1, 0.15) is 37.1 Å². The van der Waals surface area contributed by atoms with Gasteiger partial charge in [0.25, 0.3) is 0 Å². The number of rotatable bonds is 4. The Labute approximate surface area is 108 Å². The number of pyridine rings is 1. The number of aromatic nitrogens is 1. The molecule has 0 amide bonds. The molecule has 1 aromatic heterocycles. The van der Waals surface area contributed by atoms with Crippen LogP contribution in [0.4, 0.5) is 0 Å². The first-order valence-corrected chi connectivity index (χ1v) is 6.96. The van der Waals surface area contributed by atoms with Gasteiger partial charge in [0.1, 0.15) is 11.4 Å². The molecule has 1 aromatic rings. The van der Waals surface area contributed by atoms with Crippen LogP contribution in [0.2, 0.25) is 0 Å². The van der Waals surface area contributed by atoms with Crippen molar-refractivity contribution in [1.82, 2.24) is 4.98 Å². The quantitative estimate of drug-likeness (QED) is 0.889. The molecule has 3 heteroatoms. The van der Waals surface area contributed by atoms with E-state index in [0.29, 0.717) is 5.69 Å². The number of hydrogen-bond donors (Lipinski definition) is 1. The Morgan fingerprint density at radius 1 is 1.33 bits per heavy atom. The van der Waals surface area contributed by atoms with Crippen molar-refractivity contribution in [3.8, 4) is 5.75 Å². The van der Waals surface area contributed by atoms with Gasteiger partial charge in [-0.2, -0.15) is 0 Å². The largest absolute Gasteiger partial charge is 0.491 e. The highest BCUT2D eigenvalue weighted by atomic mass is 16.5. The molecule has 0 saturated heterocycles. The highest BCUT2D eigenvalue weighted by Crippen LogP contribution is 2.48. The minimum atomic E-state index is -0.0479. The number of fused-ring (bicyclic) bond motifs is 2. The molecule has 0 aromatic carbocycles. The van der Waals surface area contributed by atoms with Crippen LogP contribution in [-0.4, -0.2) is 16.7 Å². The third-order valence-electron chi connectivity index (χ3n) is 4.56. The van der Waals surface area contributed by atoms with Crippen LogP contribution in [0.3, 0.4) is 0 Å². The average molecular weight is 247 g/mol. The van der Waals surface area contributed by atoms with E-state index in [2.05, 4.69) is 4.98 Å². The van der Waals surface area contributed by atoms with Crippen molar-refractivity contribution >= 4 is 0 Å². The van der Waals surface area contributed by atoms with E-state index in [1.807, 2.05) is 19.1 Å². The predicted molar refractivity (Wildman–Crippen MR) is 69.3 cm³/mol. The van der Waals surface area contributed by atoms with Crippen LogP contribution in [0.15, 0.2) is 12.1 Å². The first kappa shape index (κ1) is 12.0. The first-order valence-electron chi connectivity index (χ1n) is 6.96. The highest BCUT2D eigenvalue weighted by molar-refractivity contribution is 5.28. The van der Waals surface area contributed by atoms with Gasteiger partial charge in [-0.1, -0.05) is 6.42 Å².